The minimum atomic E-state index is -0.873. The van der Waals surface area contributed by atoms with Gasteiger partial charge in [-0.2, -0.15) is 0 Å². The van der Waals surface area contributed by atoms with Crippen LogP contribution < -0.4 is 10.6 Å². The molecule has 20 heavy (non-hydrogen) atoms. The molecule has 0 unspecified atom stereocenters. The van der Waals surface area contributed by atoms with E-state index in [1.807, 2.05) is 18.2 Å². The van der Waals surface area contributed by atoms with Crippen LogP contribution in [0, 0.1) is 16.7 Å². The monoisotopic (exact) mass is 265 g/mol. The zero-order valence-electron chi connectivity index (χ0n) is 11.6. The van der Waals surface area contributed by atoms with Crippen LogP contribution in [0.3, 0.4) is 0 Å². The number of hydrogen-bond acceptors (Lipinski definition) is 3. The van der Waals surface area contributed by atoms with Crippen molar-refractivity contribution in [2.75, 3.05) is 0 Å². The highest BCUT2D eigenvalue weighted by atomic mass is 16.3. The third-order valence-corrected chi connectivity index (χ3v) is 3.36. The molecule has 1 aliphatic rings. The fourth-order valence-electron chi connectivity index (χ4n) is 2.33. The molecule has 0 amide bonds. The van der Waals surface area contributed by atoms with Crippen molar-refractivity contribution in [1.29, 1.82) is 0 Å². The molecule has 1 heterocycles. The smallest absolute Gasteiger partial charge is 0.157 e. The van der Waals surface area contributed by atoms with Gasteiger partial charge in [0.05, 0.1) is 0 Å². The van der Waals surface area contributed by atoms with Crippen molar-refractivity contribution >= 4 is 23.1 Å². The van der Waals surface area contributed by atoms with E-state index in [2.05, 4.69) is 29.2 Å². The molecule has 0 atom stereocenters. The third-order valence-electron chi connectivity index (χ3n) is 3.36. The summed E-state index contributed by atoms with van der Waals surface area (Å²) in [6.07, 6.45) is 6.33. The topological polar surface area (TPSA) is 42.6 Å². The van der Waals surface area contributed by atoms with Crippen LogP contribution in [-0.4, -0.2) is 5.54 Å². The highest BCUT2D eigenvalue weighted by molar-refractivity contribution is 5.85. The molecule has 3 nitrogen and oxygen atoms in total. The molecule has 0 spiro atoms. The lowest BCUT2D eigenvalue weighted by Crippen LogP contribution is -2.22. The van der Waals surface area contributed by atoms with Gasteiger partial charge in [-0.25, -0.2) is 0 Å². The molecule has 0 bridgehead atoms. The van der Waals surface area contributed by atoms with E-state index in [9.17, 15) is 4.91 Å². The molecule has 3 heteroatoms. The average Bonchev–Trinajstić information content (AvgIpc) is 2.84. The Balaban J connectivity index is 2.28. The van der Waals surface area contributed by atoms with E-state index in [0.717, 1.165) is 40.0 Å². The van der Waals surface area contributed by atoms with Crippen molar-refractivity contribution in [2.45, 2.75) is 32.2 Å². The number of nitrogens with zero attached hydrogens (tertiary/aromatic N) is 1. The highest BCUT2D eigenvalue weighted by Crippen LogP contribution is 2.15. The van der Waals surface area contributed by atoms with Gasteiger partial charge in [0.1, 0.15) is 11.0 Å². The molecular weight excluding hydrogens is 250 g/mol. The third kappa shape index (κ3) is 2.14. The number of nitroso groups, excluding NO2 is 1. The Kier molecular flexibility index (Phi) is 2.94. The molecule has 3 rings (SSSR count). The summed E-state index contributed by atoms with van der Waals surface area (Å²) in [5.41, 5.74) is 1.78. The van der Waals surface area contributed by atoms with Crippen LogP contribution >= 0.6 is 0 Å². The van der Waals surface area contributed by atoms with Crippen molar-refractivity contribution < 1.29 is 4.42 Å². The summed E-state index contributed by atoms with van der Waals surface area (Å²) in [5, 5.41) is 5.18. The van der Waals surface area contributed by atoms with Crippen LogP contribution in [0.4, 0.5) is 0 Å². The second-order valence-electron chi connectivity index (χ2n) is 5.44. The van der Waals surface area contributed by atoms with Gasteiger partial charge in [-0.3, -0.25) is 0 Å². The number of benzene rings is 1. The number of rotatable bonds is 1. The maximum absolute atomic E-state index is 10.7. The molecule has 0 fully saturated rings. The summed E-state index contributed by atoms with van der Waals surface area (Å²) in [6.45, 7) is 3.41. The fraction of sp³-hybridized carbons (Fsp3) is 0.294. The molecule has 1 aromatic carbocycles. The Morgan fingerprint density at radius 3 is 2.85 bits per heavy atom. The van der Waals surface area contributed by atoms with E-state index in [1.54, 1.807) is 13.8 Å². The number of furan rings is 1. The van der Waals surface area contributed by atoms with Crippen LogP contribution in [0.15, 0.2) is 27.8 Å². The van der Waals surface area contributed by atoms with E-state index in [1.165, 1.54) is 0 Å². The number of fused-ring (bicyclic) bond motifs is 3. The Morgan fingerprint density at radius 2 is 2.05 bits per heavy atom. The lowest BCUT2D eigenvalue weighted by Gasteiger charge is -2.03. The van der Waals surface area contributed by atoms with Crippen LogP contribution in [0.5, 0.6) is 0 Å². The Hall–Kier alpha value is -2.34. The second kappa shape index (κ2) is 4.64. The summed E-state index contributed by atoms with van der Waals surface area (Å²) in [7, 11) is 0. The van der Waals surface area contributed by atoms with E-state index in [-0.39, 0.29) is 0 Å². The van der Waals surface area contributed by atoms with Gasteiger partial charge in [-0.15, -0.1) is 4.91 Å². The predicted octanol–water partition coefficient (Wildman–Crippen LogP) is 2.68. The summed E-state index contributed by atoms with van der Waals surface area (Å²) >= 11 is 0. The van der Waals surface area contributed by atoms with Crippen LogP contribution in [0.25, 0.3) is 23.1 Å². The Morgan fingerprint density at radius 1 is 1.25 bits per heavy atom. The van der Waals surface area contributed by atoms with Gasteiger partial charge in [0.25, 0.3) is 0 Å². The first kappa shape index (κ1) is 12.7. The zero-order chi connectivity index (χ0) is 14.2. The largest absolute Gasteiger partial charge is 0.456 e. The van der Waals surface area contributed by atoms with Gasteiger partial charge in [-0.1, -0.05) is 29.2 Å². The SMILES string of the molecule is CC(C)(C#Cc1cccc2oc3c(c12)=CCCC=3)N=O. The van der Waals surface area contributed by atoms with Crippen molar-refractivity contribution in [3.63, 3.8) is 0 Å². The zero-order valence-corrected chi connectivity index (χ0v) is 11.6. The van der Waals surface area contributed by atoms with E-state index in [4.69, 9.17) is 4.42 Å². The average molecular weight is 265 g/mol. The lowest BCUT2D eigenvalue weighted by molar-refractivity contribution is 0.572. The normalized spacial score (nSPS) is 13.7. The highest BCUT2D eigenvalue weighted by Gasteiger charge is 2.14. The van der Waals surface area contributed by atoms with Gasteiger partial charge in [0.15, 0.2) is 5.54 Å². The summed E-state index contributed by atoms with van der Waals surface area (Å²) in [4.78, 5) is 10.7. The first-order valence-corrected chi connectivity index (χ1v) is 6.70. The quantitative estimate of drug-likeness (QED) is 0.587. The molecule has 2 aromatic rings. The molecule has 0 radical (unpaired) electrons. The van der Waals surface area contributed by atoms with Crippen molar-refractivity contribution in [3.8, 4) is 11.8 Å². The lowest BCUT2D eigenvalue weighted by atomic mass is 10.0. The van der Waals surface area contributed by atoms with E-state index in [0.29, 0.717) is 0 Å². The van der Waals surface area contributed by atoms with E-state index >= 15 is 0 Å². The van der Waals surface area contributed by atoms with Crippen molar-refractivity contribution in [1.82, 2.24) is 0 Å². The van der Waals surface area contributed by atoms with Crippen LogP contribution in [0.2, 0.25) is 0 Å². The minimum absolute atomic E-state index is 0.841. The van der Waals surface area contributed by atoms with Gasteiger partial charge >= 0.3 is 0 Å². The maximum Gasteiger partial charge on any atom is 0.157 e. The molecule has 100 valence electrons. The molecular formula is C17H15NO2. The summed E-state index contributed by atoms with van der Waals surface area (Å²) < 4.78 is 5.85. The minimum Gasteiger partial charge on any atom is -0.456 e. The molecule has 0 N–H and O–H groups in total. The molecule has 0 saturated heterocycles. The maximum atomic E-state index is 10.7. The standard InChI is InChI=1S/C17H15NO2/c1-17(2,18-19)11-10-12-6-5-9-15-16(12)13-7-3-4-8-14(13)20-15/h5-9H,3-4H2,1-2H3. The van der Waals surface area contributed by atoms with Crippen molar-refractivity contribution in [2.24, 2.45) is 5.18 Å². The summed E-state index contributed by atoms with van der Waals surface area (Å²) in [6, 6.07) is 5.82. The molecule has 1 aliphatic carbocycles. The Labute approximate surface area is 117 Å². The Bertz CT molecular complexity index is 860. The first-order valence-electron chi connectivity index (χ1n) is 6.70. The summed E-state index contributed by atoms with van der Waals surface area (Å²) in [5.74, 6) is 6.00. The van der Waals surface area contributed by atoms with Gasteiger partial charge in [0, 0.05) is 16.2 Å². The van der Waals surface area contributed by atoms with Crippen molar-refractivity contribution in [3.05, 3.63) is 39.3 Å². The van der Waals surface area contributed by atoms with Crippen LogP contribution in [-0.2, 0) is 0 Å². The number of hydrogen-bond donors (Lipinski definition) is 0. The van der Waals surface area contributed by atoms with Gasteiger partial charge in [-0.05, 0) is 44.9 Å². The molecule has 0 saturated carbocycles. The van der Waals surface area contributed by atoms with Gasteiger partial charge in [0.2, 0.25) is 0 Å². The van der Waals surface area contributed by atoms with E-state index < -0.39 is 5.54 Å². The fourth-order valence-corrected chi connectivity index (χ4v) is 2.33. The van der Waals surface area contributed by atoms with Gasteiger partial charge < -0.3 is 4.42 Å². The first-order chi connectivity index (χ1) is 9.61. The molecule has 1 aromatic heterocycles. The predicted molar refractivity (Wildman–Crippen MR) is 80.4 cm³/mol. The molecule has 0 aliphatic heterocycles. The second-order valence-corrected chi connectivity index (χ2v) is 5.44. The van der Waals surface area contributed by atoms with Crippen LogP contribution in [0.1, 0.15) is 32.3 Å².